The molecule has 2 aromatic heterocycles. The number of amides is 1. The van der Waals surface area contributed by atoms with Crippen LogP contribution in [0.15, 0.2) is 29.2 Å². The number of carbonyl (C=O) groups excluding carboxylic acids is 1. The minimum Gasteiger partial charge on any atom is -0.362 e. The molecule has 0 aliphatic rings. The average molecular weight is 497 g/mol. The lowest BCUT2D eigenvalue weighted by molar-refractivity contribution is -0.123. The molecule has 0 spiro atoms. The maximum absolute atomic E-state index is 12.6. The predicted molar refractivity (Wildman–Crippen MR) is 129 cm³/mol. The Hall–Kier alpha value is -2.40. The van der Waals surface area contributed by atoms with Crippen molar-refractivity contribution in [2.45, 2.75) is 38.8 Å². The summed E-state index contributed by atoms with van der Waals surface area (Å²) in [5, 5.41) is 10.8. The van der Waals surface area contributed by atoms with E-state index in [1.165, 1.54) is 10.9 Å². The van der Waals surface area contributed by atoms with Crippen molar-refractivity contribution in [3.63, 3.8) is 0 Å². The normalized spacial score (nSPS) is 11.7. The van der Waals surface area contributed by atoms with Gasteiger partial charge in [-0.3, -0.25) is 14.6 Å². The average Bonchev–Trinajstić information content (AvgIpc) is 3.11. The standard InChI is InChI=1S/C20H26Cl2N6O3Si/c1-32(2,3)7-6-31-12-24-17(29)11-28-18-16(10-25-28)26-20(27-19(18)30)23-9-13-4-5-14(21)15(22)8-13/h4-5,8,10H,6-7,9,11-12H2,1-3H3,(H,24,29)(H2,23,26,27,30). The van der Waals surface area contributed by atoms with Crippen molar-refractivity contribution in [1.82, 2.24) is 25.1 Å². The van der Waals surface area contributed by atoms with E-state index in [1.54, 1.807) is 12.1 Å². The predicted octanol–water partition coefficient (Wildman–Crippen LogP) is 3.47. The summed E-state index contributed by atoms with van der Waals surface area (Å²) in [6.07, 6.45) is 1.45. The van der Waals surface area contributed by atoms with Crippen LogP contribution in [0.25, 0.3) is 11.0 Å². The number of benzene rings is 1. The van der Waals surface area contributed by atoms with Gasteiger partial charge in [0.25, 0.3) is 5.56 Å². The molecule has 1 aromatic carbocycles. The van der Waals surface area contributed by atoms with Gasteiger partial charge in [-0.05, 0) is 23.7 Å². The Morgan fingerprint density at radius 3 is 2.75 bits per heavy atom. The van der Waals surface area contributed by atoms with Gasteiger partial charge in [0, 0.05) is 21.2 Å². The second-order valence-corrected chi connectivity index (χ2v) is 15.0. The number of carbonyl (C=O) groups is 1. The summed E-state index contributed by atoms with van der Waals surface area (Å²) in [4.78, 5) is 31.8. The molecule has 0 aliphatic heterocycles. The first-order chi connectivity index (χ1) is 15.1. The van der Waals surface area contributed by atoms with Gasteiger partial charge in [-0.1, -0.05) is 48.9 Å². The summed E-state index contributed by atoms with van der Waals surface area (Å²) in [6, 6.07) is 6.28. The van der Waals surface area contributed by atoms with Crippen LogP contribution in [0.3, 0.4) is 0 Å². The van der Waals surface area contributed by atoms with Crippen LogP contribution in [-0.2, 0) is 22.6 Å². The third-order valence-electron chi connectivity index (χ3n) is 4.60. The van der Waals surface area contributed by atoms with E-state index in [1.807, 2.05) is 6.07 Å². The fraction of sp³-hybridized carbons (Fsp3) is 0.400. The number of hydrogen-bond donors (Lipinski definition) is 3. The van der Waals surface area contributed by atoms with Gasteiger partial charge in [0.2, 0.25) is 11.9 Å². The smallest absolute Gasteiger partial charge is 0.278 e. The van der Waals surface area contributed by atoms with Crippen LogP contribution in [0.4, 0.5) is 5.95 Å². The lowest BCUT2D eigenvalue weighted by Gasteiger charge is -2.15. The Bertz CT molecular complexity index is 1160. The Labute approximate surface area is 196 Å². The maximum Gasteiger partial charge on any atom is 0.278 e. The largest absolute Gasteiger partial charge is 0.362 e. The number of H-pyrrole nitrogens is 1. The van der Waals surface area contributed by atoms with Crippen LogP contribution in [0, 0.1) is 0 Å². The van der Waals surface area contributed by atoms with Crippen molar-refractivity contribution in [3.05, 3.63) is 50.4 Å². The summed E-state index contributed by atoms with van der Waals surface area (Å²) in [6.45, 7) is 7.80. The Morgan fingerprint density at radius 2 is 2.03 bits per heavy atom. The van der Waals surface area contributed by atoms with E-state index in [-0.39, 0.29) is 30.6 Å². The fourth-order valence-corrected chi connectivity index (χ4v) is 3.90. The molecule has 3 N–H and O–H groups in total. The summed E-state index contributed by atoms with van der Waals surface area (Å²) < 4.78 is 6.79. The number of aromatic amines is 1. The molecule has 0 fully saturated rings. The molecular formula is C20H26Cl2N6O3Si. The van der Waals surface area contributed by atoms with E-state index >= 15 is 0 Å². The van der Waals surface area contributed by atoms with E-state index in [2.05, 4.69) is 45.3 Å². The number of nitrogens with one attached hydrogen (secondary N) is 3. The van der Waals surface area contributed by atoms with Gasteiger partial charge < -0.3 is 15.4 Å². The van der Waals surface area contributed by atoms with Crippen LogP contribution in [0.1, 0.15) is 5.56 Å². The zero-order valence-electron chi connectivity index (χ0n) is 18.2. The molecule has 1 amide bonds. The van der Waals surface area contributed by atoms with Crippen molar-refractivity contribution >= 4 is 54.2 Å². The van der Waals surface area contributed by atoms with E-state index < -0.39 is 13.6 Å². The van der Waals surface area contributed by atoms with Gasteiger partial charge in [0.15, 0.2) is 5.52 Å². The summed E-state index contributed by atoms with van der Waals surface area (Å²) in [5.74, 6) is -0.0161. The Kier molecular flexibility index (Phi) is 7.94. The van der Waals surface area contributed by atoms with E-state index in [0.29, 0.717) is 28.7 Å². The van der Waals surface area contributed by atoms with Crippen LogP contribution in [0.5, 0.6) is 0 Å². The Morgan fingerprint density at radius 1 is 1.25 bits per heavy atom. The first kappa shape index (κ1) is 24.2. The van der Waals surface area contributed by atoms with Gasteiger partial charge in [0.1, 0.15) is 18.8 Å². The quantitative estimate of drug-likeness (QED) is 0.225. The van der Waals surface area contributed by atoms with Crippen LogP contribution in [0.2, 0.25) is 35.7 Å². The first-order valence-corrected chi connectivity index (χ1v) is 14.6. The third-order valence-corrected chi connectivity index (χ3v) is 7.05. The number of aromatic nitrogens is 4. The molecule has 0 saturated heterocycles. The molecule has 0 radical (unpaired) electrons. The van der Waals surface area contributed by atoms with Gasteiger partial charge in [-0.15, -0.1) is 0 Å². The molecule has 32 heavy (non-hydrogen) atoms. The summed E-state index contributed by atoms with van der Waals surface area (Å²) in [7, 11) is -1.17. The van der Waals surface area contributed by atoms with E-state index in [9.17, 15) is 9.59 Å². The summed E-state index contributed by atoms with van der Waals surface area (Å²) >= 11 is 12.0. The van der Waals surface area contributed by atoms with E-state index in [0.717, 1.165) is 11.6 Å². The second kappa shape index (κ2) is 10.5. The van der Waals surface area contributed by atoms with Crippen molar-refractivity contribution < 1.29 is 9.53 Å². The molecule has 0 aliphatic carbocycles. The number of anilines is 1. The molecule has 0 bridgehead atoms. The van der Waals surface area contributed by atoms with Gasteiger partial charge in [-0.25, -0.2) is 9.67 Å². The van der Waals surface area contributed by atoms with E-state index in [4.69, 9.17) is 27.9 Å². The summed E-state index contributed by atoms with van der Waals surface area (Å²) in [5.41, 5.74) is 1.08. The third kappa shape index (κ3) is 6.80. The number of nitrogens with zero attached hydrogens (tertiary/aromatic N) is 3. The molecule has 3 rings (SSSR count). The zero-order valence-corrected chi connectivity index (χ0v) is 20.7. The molecule has 0 saturated carbocycles. The lowest BCUT2D eigenvalue weighted by atomic mass is 10.2. The van der Waals surface area contributed by atoms with Crippen LogP contribution < -0.4 is 16.2 Å². The molecule has 2 heterocycles. The zero-order chi connectivity index (χ0) is 23.3. The molecule has 172 valence electrons. The molecule has 9 nitrogen and oxygen atoms in total. The van der Waals surface area contributed by atoms with Gasteiger partial charge in [-0.2, -0.15) is 5.10 Å². The van der Waals surface area contributed by atoms with Crippen molar-refractivity contribution in [2.75, 3.05) is 18.7 Å². The lowest BCUT2D eigenvalue weighted by Crippen LogP contribution is -2.31. The number of ether oxygens (including phenoxy) is 1. The number of hydrogen-bond acceptors (Lipinski definition) is 6. The SMILES string of the molecule is C[Si](C)(C)CCOCNC(=O)Cn1ncc2nc(NCc3ccc(Cl)c(Cl)c3)[nH]c(=O)c21. The number of fused-ring (bicyclic) bond motifs is 1. The second-order valence-electron chi connectivity index (χ2n) is 8.52. The van der Waals surface area contributed by atoms with Gasteiger partial charge >= 0.3 is 0 Å². The highest BCUT2D eigenvalue weighted by Gasteiger charge is 2.14. The minimum absolute atomic E-state index is 0.109. The number of rotatable bonds is 10. The Balaban J connectivity index is 1.58. The first-order valence-electron chi connectivity index (χ1n) is 10.1. The molecule has 0 atom stereocenters. The fourth-order valence-electron chi connectivity index (χ4n) is 2.82. The maximum atomic E-state index is 12.6. The van der Waals surface area contributed by atoms with Crippen molar-refractivity contribution in [1.29, 1.82) is 0 Å². The molecular weight excluding hydrogens is 471 g/mol. The van der Waals surface area contributed by atoms with Gasteiger partial charge in [0.05, 0.1) is 16.2 Å². The minimum atomic E-state index is -1.17. The van der Waals surface area contributed by atoms with Crippen molar-refractivity contribution in [3.8, 4) is 0 Å². The van der Waals surface area contributed by atoms with Crippen LogP contribution in [-0.4, -0.2) is 47.1 Å². The highest BCUT2D eigenvalue weighted by atomic mass is 35.5. The highest BCUT2D eigenvalue weighted by molar-refractivity contribution is 6.76. The molecule has 3 aromatic rings. The molecule has 0 unspecified atom stereocenters. The monoisotopic (exact) mass is 496 g/mol. The van der Waals surface area contributed by atoms with Crippen LogP contribution >= 0.6 is 23.2 Å². The highest BCUT2D eigenvalue weighted by Crippen LogP contribution is 2.22. The van der Waals surface area contributed by atoms with Crippen molar-refractivity contribution in [2.24, 2.45) is 0 Å². The molecule has 12 heteroatoms. The topological polar surface area (TPSA) is 114 Å². The number of halogens is 2.